The third kappa shape index (κ3) is 1.57. The Bertz CT molecular complexity index is 752. The summed E-state index contributed by atoms with van der Waals surface area (Å²) in [4.78, 5) is 22.8. The third-order valence-electron chi connectivity index (χ3n) is 4.88. The molecule has 2 saturated heterocycles. The Hall–Kier alpha value is -2.15. The quantitative estimate of drug-likeness (QED) is 0.827. The van der Waals surface area contributed by atoms with Crippen LogP contribution in [0.4, 0.5) is 0 Å². The largest absolute Gasteiger partial charge is 0.461 e. The van der Waals surface area contributed by atoms with Gasteiger partial charge in [0.1, 0.15) is 18.0 Å². The first-order valence-electron chi connectivity index (χ1n) is 7.69. The van der Waals surface area contributed by atoms with Crippen molar-refractivity contribution in [2.45, 2.75) is 43.6 Å². The molecule has 5 rings (SSSR count). The average Bonchev–Trinajstić information content (AvgIpc) is 3.16. The first-order chi connectivity index (χ1) is 10.8. The maximum atomic E-state index is 12.5. The van der Waals surface area contributed by atoms with E-state index < -0.39 is 5.60 Å². The number of rotatable bonds is 2. The van der Waals surface area contributed by atoms with Gasteiger partial charge in [0.15, 0.2) is 5.60 Å². The Morgan fingerprint density at radius 2 is 2.23 bits per heavy atom. The minimum absolute atomic E-state index is 0.0105. The standard InChI is InChI=1S/C15H16N4O3/c20-13-15(22-12-2-1-6-19(12)13)8-10(9-15)21-14-17-4-3-11-16-5-7-18(11)14/h3-5,7,10,12H,1-2,6,8-9H2. The summed E-state index contributed by atoms with van der Waals surface area (Å²) in [7, 11) is 0. The van der Waals surface area contributed by atoms with Crippen molar-refractivity contribution in [1.82, 2.24) is 19.3 Å². The van der Waals surface area contributed by atoms with Gasteiger partial charge in [-0.05, 0) is 18.9 Å². The summed E-state index contributed by atoms with van der Waals surface area (Å²) in [6.45, 7) is 0.826. The van der Waals surface area contributed by atoms with Crippen LogP contribution in [0.15, 0.2) is 24.7 Å². The molecule has 1 spiro atoms. The van der Waals surface area contributed by atoms with Crippen LogP contribution in [-0.2, 0) is 9.53 Å². The SMILES string of the molecule is O=C1N2CCCC2OC12CC(Oc1nccc3nccn13)C2. The number of carbonyl (C=O) groups is 1. The number of fused-ring (bicyclic) bond motifs is 2. The van der Waals surface area contributed by atoms with E-state index in [-0.39, 0.29) is 18.2 Å². The maximum absolute atomic E-state index is 12.5. The topological polar surface area (TPSA) is 69.0 Å². The molecule has 7 nitrogen and oxygen atoms in total. The first kappa shape index (κ1) is 12.4. The van der Waals surface area contributed by atoms with Crippen LogP contribution in [0.5, 0.6) is 6.01 Å². The molecule has 22 heavy (non-hydrogen) atoms. The lowest BCUT2D eigenvalue weighted by Gasteiger charge is -2.41. The van der Waals surface area contributed by atoms with Crippen molar-refractivity contribution in [3.8, 4) is 6.01 Å². The van der Waals surface area contributed by atoms with Crippen molar-refractivity contribution in [1.29, 1.82) is 0 Å². The van der Waals surface area contributed by atoms with Crippen LogP contribution in [0.2, 0.25) is 0 Å². The molecule has 2 aromatic heterocycles. The van der Waals surface area contributed by atoms with Crippen LogP contribution in [0.3, 0.4) is 0 Å². The fourth-order valence-electron chi connectivity index (χ4n) is 3.76. The van der Waals surface area contributed by atoms with Gasteiger partial charge in [-0.3, -0.25) is 9.20 Å². The summed E-state index contributed by atoms with van der Waals surface area (Å²) >= 11 is 0. The van der Waals surface area contributed by atoms with E-state index in [2.05, 4.69) is 9.97 Å². The first-order valence-corrected chi connectivity index (χ1v) is 7.69. The zero-order valence-electron chi connectivity index (χ0n) is 12.0. The molecular weight excluding hydrogens is 284 g/mol. The molecule has 0 radical (unpaired) electrons. The van der Waals surface area contributed by atoms with Crippen LogP contribution < -0.4 is 4.74 Å². The summed E-state index contributed by atoms with van der Waals surface area (Å²) in [6.07, 6.45) is 8.36. The Morgan fingerprint density at radius 3 is 3.09 bits per heavy atom. The van der Waals surface area contributed by atoms with Gasteiger partial charge in [-0.2, -0.15) is 0 Å². The highest BCUT2D eigenvalue weighted by Crippen LogP contribution is 2.47. The molecule has 0 N–H and O–H groups in total. The van der Waals surface area contributed by atoms with Gasteiger partial charge in [0.25, 0.3) is 5.91 Å². The minimum atomic E-state index is -0.640. The highest BCUT2D eigenvalue weighted by atomic mass is 16.6. The predicted molar refractivity (Wildman–Crippen MR) is 75.2 cm³/mol. The van der Waals surface area contributed by atoms with E-state index in [0.717, 1.165) is 25.0 Å². The minimum Gasteiger partial charge on any atom is -0.461 e. The van der Waals surface area contributed by atoms with Crippen LogP contribution in [0, 0.1) is 0 Å². The lowest BCUT2D eigenvalue weighted by atomic mass is 9.76. The van der Waals surface area contributed by atoms with Crippen molar-refractivity contribution >= 4 is 11.6 Å². The molecular formula is C15H16N4O3. The Morgan fingerprint density at radius 1 is 1.32 bits per heavy atom. The Balaban J connectivity index is 1.32. The number of aromatic nitrogens is 3. The molecule has 1 atom stereocenters. The van der Waals surface area contributed by atoms with E-state index in [9.17, 15) is 4.79 Å². The van der Waals surface area contributed by atoms with Crippen molar-refractivity contribution in [2.24, 2.45) is 0 Å². The molecule has 3 aliphatic rings. The fourth-order valence-corrected chi connectivity index (χ4v) is 3.76. The monoisotopic (exact) mass is 300 g/mol. The molecule has 114 valence electrons. The summed E-state index contributed by atoms with van der Waals surface area (Å²) < 4.78 is 13.8. The molecule has 2 aromatic rings. The van der Waals surface area contributed by atoms with Crippen molar-refractivity contribution < 1.29 is 14.3 Å². The molecule has 1 amide bonds. The van der Waals surface area contributed by atoms with Gasteiger partial charge in [0.05, 0.1) is 0 Å². The maximum Gasteiger partial charge on any atom is 0.302 e. The molecule has 0 aromatic carbocycles. The molecule has 3 fully saturated rings. The highest BCUT2D eigenvalue weighted by Gasteiger charge is 2.61. The number of hydrogen-bond acceptors (Lipinski definition) is 5. The summed E-state index contributed by atoms with van der Waals surface area (Å²) in [6, 6.07) is 2.34. The number of ether oxygens (including phenoxy) is 2. The van der Waals surface area contributed by atoms with Crippen molar-refractivity contribution in [3.05, 3.63) is 24.7 Å². The molecule has 1 unspecified atom stereocenters. The van der Waals surface area contributed by atoms with Gasteiger partial charge in [0.2, 0.25) is 0 Å². The van der Waals surface area contributed by atoms with Crippen LogP contribution in [-0.4, -0.2) is 49.7 Å². The van der Waals surface area contributed by atoms with E-state index in [4.69, 9.17) is 9.47 Å². The normalized spacial score (nSPS) is 33.5. The number of carbonyl (C=O) groups excluding carboxylic acids is 1. The van der Waals surface area contributed by atoms with E-state index in [1.807, 2.05) is 17.2 Å². The lowest BCUT2D eigenvalue weighted by Crippen LogP contribution is -2.55. The molecule has 2 aliphatic heterocycles. The second-order valence-electron chi connectivity index (χ2n) is 6.24. The molecule has 4 heterocycles. The van der Waals surface area contributed by atoms with Gasteiger partial charge in [0, 0.05) is 38.0 Å². The average molecular weight is 300 g/mol. The smallest absolute Gasteiger partial charge is 0.302 e. The van der Waals surface area contributed by atoms with E-state index in [1.165, 1.54) is 0 Å². The van der Waals surface area contributed by atoms with Crippen molar-refractivity contribution in [2.75, 3.05) is 6.54 Å². The lowest BCUT2D eigenvalue weighted by molar-refractivity contribution is -0.162. The summed E-state index contributed by atoms with van der Waals surface area (Å²) in [5, 5.41) is 0. The Labute approximate surface area is 126 Å². The second kappa shape index (κ2) is 4.19. The summed E-state index contributed by atoms with van der Waals surface area (Å²) in [5.41, 5.74) is 0.159. The van der Waals surface area contributed by atoms with E-state index in [0.29, 0.717) is 18.9 Å². The third-order valence-corrected chi connectivity index (χ3v) is 4.88. The predicted octanol–water partition coefficient (Wildman–Crippen LogP) is 0.988. The highest BCUT2D eigenvalue weighted by molar-refractivity contribution is 5.88. The Kier molecular flexibility index (Phi) is 2.36. The van der Waals surface area contributed by atoms with Gasteiger partial charge < -0.3 is 14.4 Å². The molecule has 7 heteroatoms. The van der Waals surface area contributed by atoms with Crippen LogP contribution >= 0.6 is 0 Å². The van der Waals surface area contributed by atoms with Gasteiger partial charge >= 0.3 is 6.01 Å². The number of nitrogens with zero attached hydrogens (tertiary/aromatic N) is 4. The van der Waals surface area contributed by atoms with Crippen LogP contribution in [0.1, 0.15) is 25.7 Å². The zero-order valence-corrected chi connectivity index (χ0v) is 12.0. The number of hydrogen-bond donors (Lipinski definition) is 0. The number of amides is 1. The van der Waals surface area contributed by atoms with E-state index in [1.54, 1.807) is 16.8 Å². The van der Waals surface area contributed by atoms with Gasteiger partial charge in [-0.15, -0.1) is 0 Å². The summed E-state index contributed by atoms with van der Waals surface area (Å²) in [5.74, 6) is 0.142. The van der Waals surface area contributed by atoms with Gasteiger partial charge in [-0.1, -0.05) is 0 Å². The van der Waals surface area contributed by atoms with E-state index >= 15 is 0 Å². The number of imidazole rings is 1. The molecule has 1 aliphatic carbocycles. The zero-order chi connectivity index (χ0) is 14.7. The van der Waals surface area contributed by atoms with Gasteiger partial charge in [-0.25, -0.2) is 9.97 Å². The molecule has 0 bridgehead atoms. The van der Waals surface area contributed by atoms with Crippen LogP contribution in [0.25, 0.3) is 5.65 Å². The second-order valence-corrected chi connectivity index (χ2v) is 6.24. The molecule has 1 saturated carbocycles. The fraction of sp³-hybridized carbons (Fsp3) is 0.533. The van der Waals surface area contributed by atoms with Crippen molar-refractivity contribution in [3.63, 3.8) is 0 Å².